The van der Waals surface area contributed by atoms with Gasteiger partial charge in [0.05, 0.1) is 6.04 Å². The summed E-state index contributed by atoms with van der Waals surface area (Å²) >= 11 is 1.90. The zero-order chi connectivity index (χ0) is 16.5. The summed E-state index contributed by atoms with van der Waals surface area (Å²) < 4.78 is 0. The number of fused-ring (bicyclic) bond motifs is 1. The average molecular weight is 330 g/mol. The van der Waals surface area contributed by atoms with Crippen molar-refractivity contribution in [3.8, 4) is 0 Å². The highest BCUT2D eigenvalue weighted by molar-refractivity contribution is 7.98. The van der Waals surface area contributed by atoms with Crippen LogP contribution in [0.5, 0.6) is 0 Å². The highest BCUT2D eigenvalue weighted by Crippen LogP contribution is 2.23. The second kappa shape index (κ2) is 9.46. The van der Waals surface area contributed by atoms with Crippen molar-refractivity contribution >= 4 is 28.5 Å². The Balaban J connectivity index is 1.97. The molecule has 0 aliphatic heterocycles. The molecule has 0 aliphatic carbocycles. The van der Waals surface area contributed by atoms with Gasteiger partial charge in [0.15, 0.2) is 5.96 Å². The molecule has 23 heavy (non-hydrogen) atoms. The van der Waals surface area contributed by atoms with Crippen LogP contribution in [0.3, 0.4) is 0 Å². The Kier molecular flexibility index (Phi) is 7.27. The first-order chi connectivity index (χ1) is 11.3. The largest absolute Gasteiger partial charge is 0.356 e. The van der Waals surface area contributed by atoms with E-state index in [1.807, 2.05) is 18.8 Å². The van der Waals surface area contributed by atoms with Gasteiger partial charge in [0, 0.05) is 13.6 Å². The fourth-order valence-corrected chi connectivity index (χ4v) is 3.18. The minimum absolute atomic E-state index is 0.207. The molecule has 124 valence electrons. The molecule has 2 N–H and O–H groups in total. The van der Waals surface area contributed by atoms with E-state index in [0.717, 1.165) is 12.5 Å². The first-order valence-electron chi connectivity index (χ1n) is 8.20. The van der Waals surface area contributed by atoms with E-state index in [2.05, 4.69) is 71.3 Å². The highest BCUT2D eigenvalue weighted by Gasteiger charge is 2.10. The third kappa shape index (κ3) is 5.17. The maximum Gasteiger partial charge on any atom is 0.191 e. The molecule has 0 heterocycles. The van der Waals surface area contributed by atoms with Gasteiger partial charge in [0.1, 0.15) is 0 Å². The van der Waals surface area contributed by atoms with Gasteiger partial charge in [0.2, 0.25) is 0 Å². The summed E-state index contributed by atoms with van der Waals surface area (Å²) in [6.45, 7) is 3.14. The SMILES string of the molecule is CN=C(NCCCCSC)NC(C)c1cccc2ccccc12. The van der Waals surface area contributed by atoms with Gasteiger partial charge in [-0.1, -0.05) is 42.5 Å². The minimum Gasteiger partial charge on any atom is -0.356 e. The Morgan fingerprint density at radius 2 is 1.91 bits per heavy atom. The van der Waals surface area contributed by atoms with Crippen molar-refractivity contribution in [1.82, 2.24) is 10.6 Å². The fraction of sp³-hybridized carbons (Fsp3) is 0.421. The van der Waals surface area contributed by atoms with Gasteiger partial charge in [-0.2, -0.15) is 11.8 Å². The smallest absolute Gasteiger partial charge is 0.191 e. The summed E-state index contributed by atoms with van der Waals surface area (Å²) in [6.07, 6.45) is 4.56. The Morgan fingerprint density at radius 3 is 2.70 bits per heavy atom. The number of benzene rings is 2. The zero-order valence-electron chi connectivity index (χ0n) is 14.3. The number of hydrogen-bond acceptors (Lipinski definition) is 2. The van der Waals surface area contributed by atoms with Crippen molar-refractivity contribution in [3.63, 3.8) is 0 Å². The van der Waals surface area contributed by atoms with E-state index in [9.17, 15) is 0 Å². The number of unbranched alkanes of at least 4 members (excludes halogenated alkanes) is 1. The molecule has 0 radical (unpaired) electrons. The molecule has 0 aliphatic rings. The topological polar surface area (TPSA) is 36.4 Å². The first-order valence-corrected chi connectivity index (χ1v) is 9.59. The first kappa shape index (κ1) is 17.7. The van der Waals surface area contributed by atoms with Crippen molar-refractivity contribution < 1.29 is 0 Å². The number of thioether (sulfide) groups is 1. The van der Waals surface area contributed by atoms with Crippen LogP contribution in [0.1, 0.15) is 31.4 Å². The van der Waals surface area contributed by atoms with Gasteiger partial charge in [-0.05, 0) is 48.1 Å². The lowest BCUT2D eigenvalue weighted by atomic mass is 10.00. The molecule has 0 amide bonds. The second-order valence-corrected chi connectivity index (χ2v) is 6.62. The monoisotopic (exact) mass is 329 g/mol. The Bertz CT molecular complexity index is 634. The summed E-state index contributed by atoms with van der Waals surface area (Å²) in [5, 5.41) is 9.48. The lowest BCUT2D eigenvalue weighted by Crippen LogP contribution is -2.39. The van der Waals surface area contributed by atoms with E-state index in [1.54, 1.807) is 0 Å². The predicted molar refractivity (Wildman–Crippen MR) is 104 cm³/mol. The molecule has 0 saturated carbocycles. The number of hydrogen-bond donors (Lipinski definition) is 2. The van der Waals surface area contributed by atoms with Gasteiger partial charge in [-0.3, -0.25) is 4.99 Å². The van der Waals surface area contributed by atoms with Crippen molar-refractivity contribution in [2.45, 2.75) is 25.8 Å². The van der Waals surface area contributed by atoms with Crippen LogP contribution in [0.25, 0.3) is 10.8 Å². The Hall–Kier alpha value is -1.68. The van der Waals surface area contributed by atoms with E-state index >= 15 is 0 Å². The highest BCUT2D eigenvalue weighted by atomic mass is 32.2. The molecule has 2 aromatic carbocycles. The van der Waals surface area contributed by atoms with E-state index in [4.69, 9.17) is 0 Å². The van der Waals surface area contributed by atoms with Gasteiger partial charge < -0.3 is 10.6 Å². The van der Waals surface area contributed by atoms with E-state index in [-0.39, 0.29) is 6.04 Å². The summed E-state index contributed by atoms with van der Waals surface area (Å²) in [4.78, 5) is 4.34. The quantitative estimate of drug-likeness (QED) is 0.454. The average Bonchev–Trinajstić information content (AvgIpc) is 2.59. The third-order valence-electron chi connectivity index (χ3n) is 3.93. The van der Waals surface area contributed by atoms with Crippen molar-refractivity contribution in [3.05, 3.63) is 48.0 Å². The predicted octanol–water partition coefficient (Wildman–Crippen LogP) is 4.21. The Morgan fingerprint density at radius 1 is 1.13 bits per heavy atom. The van der Waals surface area contributed by atoms with Crippen LogP contribution in [-0.2, 0) is 0 Å². The fourth-order valence-electron chi connectivity index (χ4n) is 2.68. The van der Waals surface area contributed by atoms with E-state index in [0.29, 0.717) is 0 Å². The van der Waals surface area contributed by atoms with Crippen LogP contribution in [0, 0.1) is 0 Å². The molecule has 0 saturated heterocycles. The standard InChI is InChI=1S/C19H27N3S/c1-15(22-19(20-2)21-13-6-7-14-23-3)17-12-8-10-16-9-4-5-11-18(16)17/h4-5,8-12,15H,6-7,13-14H2,1-3H3,(H2,20,21,22). The summed E-state index contributed by atoms with van der Waals surface area (Å²) in [6, 6.07) is 15.2. The number of aliphatic imine (C=N–C) groups is 1. The van der Waals surface area contributed by atoms with Crippen molar-refractivity contribution in [2.24, 2.45) is 4.99 Å². The lowest BCUT2D eigenvalue weighted by Gasteiger charge is -2.20. The zero-order valence-corrected chi connectivity index (χ0v) is 15.1. The molecule has 4 heteroatoms. The van der Waals surface area contributed by atoms with Crippen LogP contribution >= 0.6 is 11.8 Å². The van der Waals surface area contributed by atoms with Crippen molar-refractivity contribution in [1.29, 1.82) is 0 Å². The summed E-state index contributed by atoms with van der Waals surface area (Å²) in [7, 11) is 1.83. The van der Waals surface area contributed by atoms with Gasteiger partial charge in [-0.25, -0.2) is 0 Å². The summed E-state index contributed by atoms with van der Waals surface area (Å²) in [5.41, 5.74) is 1.30. The van der Waals surface area contributed by atoms with Gasteiger partial charge in [-0.15, -0.1) is 0 Å². The van der Waals surface area contributed by atoms with Crippen molar-refractivity contribution in [2.75, 3.05) is 25.6 Å². The van der Waals surface area contributed by atoms with Crippen LogP contribution in [-0.4, -0.2) is 31.6 Å². The molecule has 0 bridgehead atoms. The molecule has 3 nitrogen and oxygen atoms in total. The third-order valence-corrected chi connectivity index (χ3v) is 4.63. The minimum atomic E-state index is 0.207. The molecule has 0 aromatic heterocycles. The number of nitrogens with zero attached hydrogens (tertiary/aromatic N) is 1. The molecular formula is C19H27N3S. The van der Waals surface area contributed by atoms with Gasteiger partial charge in [0.25, 0.3) is 0 Å². The number of nitrogens with one attached hydrogen (secondary N) is 2. The maximum absolute atomic E-state index is 4.34. The molecule has 1 atom stereocenters. The molecule has 2 aromatic rings. The normalized spacial score (nSPS) is 13.1. The number of guanidine groups is 1. The molecule has 2 rings (SSSR count). The Labute approximate surface area is 144 Å². The van der Waals surface area contributed by atoms with Crippen LogP contribution in [0.4, 0.5) is 0 Å². The molecule has 0 spiro atoms. The van der Waals surface area contributed by atoms with Crippen LogP contribution in [0.15, 0.2) is 47.5 Å². The molecule has 0 fully saturated rings. The molecular weight excluding hydrogens is 302 g/mol. The lowest BCUT2D eigenvalue weighted by molar-refractivity contribution is 0.675. The van der Waals surface area contributed by atoms with Gasteiger partial charge >= 0.3 is 0 Å². The molecule has 1 unspecified atom stereocenters. The van der Waals surface area contributed by atoms with Crippen LogP contribution < -0.4 is 10.6 Å². The number of rotatable bonds is 7. The van der Waals surface area contributed by atoms with E-state index < -0.39 is 0 Å². The second-order valence-electron chi connectivity index (χ2n) is 5.63. The van der Waals surface area contributed by atoms with Crippen LogP contribution in [0.2, 0.25) is 0 Å². The summed E-state index contributed by atoms with van der Waals surface area (Å²) in [5.74, 6) is 2.09. The maximum atomic E-state index is 4.34. The van der Waals surface area contributed by atoms with E-state index in [1.165, 1.54) is 34.9 Å².